The predicted molar refractivity (Wildman–Crippen MR) is 78.0 cm³/mol. The van der Waals surface area contributed by atoms with E-state index < -0.39 is 0 Å². The highest BCUT2D eigenvalue weighted by atomic mass is 19.1. The van der Waals surface area contributed by atoms with Crippen molar-refractivity contribution in [2.45, 2.75) is 13.5 Å². The largest absolute Gasteiger partial charge is 0.497 e. The van der Waals surface area contributed by atoms with Crippen molar-refractivity contribution >= 4 is 5.69 Å². The lowest BCUT2D eigenvalue weighted by Gasteiger charge is -2.12. The van der Waals surface area contributed by atoms with Gasteiger partial charge >= 0.3 is 0 Å². The molecule has 1 N–H and O–H groups in total. The lowest BCUT2D eigenvalue weighted by molar-refractivity contribution is 0.391. The standard InChI is InChI=1S/C16H18FNO2/c1-11-8-13(5-7-15(11)17)18-10-12-4-6-14(19-2)9-16(12)20-3/h4-9,18H,10H2,1-3H3. The molecule has 0 saturated carbocycles. The Labute approximate surface area is 118 Å². The first-order chi connectivity index (χ1) is 9.63. The van der Waals surface area contributed by atoms with E-state index >= 15 is 0 Å². The topological polar surface area (TPSA) is 30.5 Å². The number of anilines is 1. The van der Waals surface area contributed by atoms with E-state index in [1.165, 1.54) is 6.07 Å². The summed E-state index contributed by atoms with van der Waals surface area (Å²) in [6.07, 6.45) is 0. The molecule has 2 aromatic rings. The third-order valence-electron chi connectivity index (χ3n) is 3.14. The lowest BCUT2D eigenvalue weighted by Crippen LogP contribution is -2.02. The summed E-state index contributed by atoms with van der Waals surface area (Å²) in [4.78, 5) is 0. The summed E-state index contributed by atoms with van der Waals surface area (Å²) < 4.78 is 23.7. The zero-order valence-electron chi connectivity index (χ0n) is 11.9. The van der Waals surface area contributed by atoms with Crippen molar-refractivity contribution in [2.75, 3.05) is 19.5 Å². The SMILES string of the molecule is COc1ccc(CNc2ccc(F)c(C)c2)c(OC)c1. The fraction of sp³-hybridized carbons (Fsp3) is 0.250. The third kappa shape index (κ3) is 3.20. The second kappa shape index (κ2) is 6.28. The highest BCUT2D eigenvalue weighted by Gasteiger charge is 2.05. The van der Waals surface area contributed by atoms with E-state index in [0.717, 1.165) is 22.7 Å². The van der Waals surface area contributed by atoms with Gasteiger partial charge in [0.25, 0.3) is 0 Å². The van der Waals surface area contributed by atoms with Crippen LogP contribution in [-0.4, -0.2) is 14.2 Å². The molecule has 4 heteroatoms. The molecule has 0 fully saturated rings. The van der Waals surface area contributed by atoms with Crippen LogP contribution in [0.25, 0.3) is 0 Å². The number of hydrogen-bond acceptors (Lipinski definition) is 3. The van der Waals surface area contributed by atoms with Gasteiger partial charge in [-0.05, 0) is 42.8 Å². The van der Waals surface area contributed by atoms with Crippen molar-refractivity contribution in [1.29, 1.82) is 0 Å². The molecule has 3 nitrogen and oxygen atoms in total. The molecule has 0 amide bonds. The molecule has 2 aromatic carbocycles. The minimum atomic E-state index is -0.197. The van der Waals surface area contributed by atoms with E-state index in [9.17, 15) is 4.39 Å². The zero-order valence-corrected chi connectivity index (χ0v) is 11.9. The molecule has 0 unspecified atom stereocenters. The Kier molecular flexibility index (Phi) is 4.45. The molecule has 2 rings (SSSR count). The molecule has 0 spiro atoms. The van der Waals surface area contributed by atoms with Crippen molar-refractivity contribution in [3.8, 4) is 11.5 Å². The third-order valence-corrected chi connectivity index (χ3v) is 3.14. The Hall–Kier alpha value is -2.23. The first kappa shape index (κ1) is 14.2. The van der Waals surface area contributed by atoms with Gasteiger partial charge in [0.05, 0.1) is 14.2 Å². The van der Waals surface area contributed by atoms with Crippen LogP contribution in [0.4, 0.5) is 10.1 Å². The van der Waals surface area contributed by atoms with Crippen LogP contribution in [0.3, 0.4) is 0 Å². The number of halogens is 1. The van der Waals surface area contributed by atoms with Crippen molar-refractivity contribution in [1.82, 2.24) is 0 Å². The summed E-state index contributed by atoms with van der Waals surface area (Å²) in [5.41, 5.74) is 2.51. The number of nitrogens with one attached hydrogen (secondary N) is 1. The van der Waals surface area contributed by atoms with Gasteiger partial charge in [-0.25, -0.2) is 4.39 Å². The summed E-state index contributed by atoms with van der Waals surface area (Å²) in [6, 6.07) is 10.6. The second-order valence-electron chi connectivity index (χ2n) is 4.50. The molecule has 0 aliphatic carbocycles. The monoisotopic (exact) mass is 275 g/mol. The molecule has 20 heavy (non-hydrogen) atoms. The van der Waals surface area contributed by atoms with Crippen LogP contribution in [-0.2, 0) is 6.54 Å². The van der Waals surface area contributed by atoms with Gasteiger partial charge in [0, 0.05) is 23.9 Å². The van der Waals surface area contributed by atoms with Gasteiger partial charge in [0.15, 0.2) is 0 Å². The van der Waals surface area contributed by atoms with Crippen molar-refractivity contribution in [3.05, 3.63) is 53.3 Å². The normalized spacial score (nSPS) is 10.2. The number of ether oxygens (including phenoxy) is 2. The van der Waals surface area contributed by atoms with Crippen LogP contribution in [0.2, 0.25) is 0 Å². The van der Waals surface area contributed by atoms with Crippen molar-refractivity contribution < 1.29 is 13.9 Å². The minimum absolute atomic E-state index is 0.197. The molecule has 106 valence electrons. The molecule has 0 aromatic heterocycles. The van der Waals surface area contributed by atoms with Crippen LogP contribution in [0, 0.1) is 12.7 Å². The Balaban J connectivity index is 2.12. The van der Waals surface area contributed by atoms with E-state index in [1.807, 2.05) is 18.2 Å². The summed E-state index contributed by atoms with van der Waals surface area (Å²) in [6.45, 7) is 2.34. The summed E-state index contributed by atoms with van der Waals surface area (Å²) in [5, 5.41) is 3.25. The van der Waals surface area contributed by atoms with E-state index in [1.54, 1.807) is 33.3 Å². The molecule has 0 radical (unpaired) electrons. The summed E-state index contributed by atoms with van der Waals surface area (Å²) >= 11 is 0. The highest BCUT2D eigenvalue weighted by Crippen LogP contribution is 2.25. The Morgan fingerprint density at radius 3 is 2.50 bits per heavy atom. The van der Waals surface area contributed by atoms with Gasteiger partial charge in [0.2, 0.25) is 0 Å². The number of rotatable bonds is 5. The molecule has 0 aliphatic heterocycles. The van der Waals surface area contributed by atoms with Gasteiger partial charge in [-0.15, -0.1) is 0 Å². The minimum Gasteiger partial charge on any atom is -0.497 e. The molecular formula is C16H18FNO2. The van der Waals surface area contributed by atoms with Gasteiger partial charge in [-0.1, -0.05) is 0 Å². The smallest absolute Gasteiger partial charge is 0.127 e. The summed E-state index contributed by atoms with van der Waals surface area (Å²) in [5.74, 6) is 1.32. The van der Waals surface area contributed by atoms with E-state index in [2.05, 4.69) is 5.32 Å². The van der Waals surface area contributed by atoms with Crippen LogP contribution in [0.1, 0.15) is 11.1 Å². The molecular weight excluding hydrogens is 257 g/mol. The van der Waals surface area contributed by atoms with Gasteiger partial charge in [0.1, 0.15) is 17.3 Å². The van der Waals surface area contributed by atoms with Gasteiger partial charge in [-0.2, -0.15) is 0 Å². The number of hydrogen-bond donors (Lipinski definition) is 1. The first-order valence-corrected chi connectivity index (χ1v) is 6.35. The van der Waals surface area contributed by atoms with Crippen LogP contribution < -0.4 is 14.8 Å². The Morgan fingerprint density at radius 1 is 1.05 bits per heavy atom. The average molecular weight is 275 g/mol. The fourth-order valence-corrected chi connectivity index (χ4v) is 1.95. The van der Waals surface area contributed by atoms with Crippen molar-refractivity contribution in [3.63, 3.8) is 0 Å². The number of benzene rings is 2. The number of methoxy groups -OCH3 is 2. The van der Waals surface area contributed by atoms with Crippen molar-refractivity contribution in [2.24, 2.45) is 0 Å². The average Bonchev–Trinajstić information content (AvgIpc) is 2.48. The quantitative estimate of drug-likeness (QED) is 0.901. The maximum Gasteiger partial charge on any atom is 0.127 e. The maximum atomic E-state index is 13.2. The molecule has 0 saturated heterocycles. The Morgan fingerprint density at radius 2 is 1.85 bits per heavy atom. The van der Waals surface area contributed by atoms with Crippen LogP contribution >= 0.6 is 0 Å². The summed E-state index contributed by atoms with van der Waals surface area (Å²) in [7, 11) is 3.24. The van der Waals surface area contributed by atoms with E-state index in [0.29, 0.717) is 12.1 Å². The Bertz CT molecular complexity index is 599. The maximum absolute atomic E-state index is 13.2. The lowest BCUT2D eigenvalue weighted by atomic mass is 10.1. The first-order valence-electron chi connectivity index (χ1n) is 6.35. The molecule has 0 bridgehead atoms. The van der Waals surface area contributed by atoms with Gasteiger partial charge < -0.3 is 14.8 Å². The fourth-order valence-electron chi connectivity index (χ4n) is 1.95. The van der Waals surface area contributed by atoms with E-state index in [4.69, 9.17) is 9.47 Å². The predicted octanol–water partition coefficient (Wildman–Crippen LogP) is 3.76. The number of aryl methyl sites for hydroxylation is 1. The zero-order chi connectivity index (χ0) is 14.5. The molecule has 0 atom stereocenters. The molecule has 0 heterocycles. The van der Waals surface area contributed by atoms with Crippen LogP contribution in [0.15, 0.2) is 36.4 Å². The highest BCUT2D eigenvalue weighted by molar-refractivity contribution is 5.48. The van der Waals surface area contributed by atoms with Gasteiger partial charge in [-0.3, -0.25) is 0 Å². The molecule has 0 aliphatic rings. The van der Waals surface area contributed by atoms with Crippen LogP contribution in [0.5, 0.6) is 11.5 Å². The van der Waals surface area contributed by atoms with E-state index in [-0.39, 0.29) is 5.82 Å². The second-order valence-corrected chi connectivity index (χ2v) is 4.50.